The van der Waals surface area contributed by atoms with Gasteiger partial charge >= 0.3 is 5.97 Å². The number of carbonyl (C=O) groups is 3. The summed E-state index contributed by atoms with van der Waals surface area (Å²) in [4.78, 5) is 38.8. The quantitative estimate of drug-likeness (QED) is 0.213. The van der Waals surface area contributed by atoms with Crippen LogP contribution in [0.4, 0.5) is 4.79 Å². The van der Waals surface area contributed by atoms with E-state index < -0.39 is 5.97 Å². The number of benzene rings is 3. The van der Waals surface area contributed by atoms with Gasteiger partial charge in [-0.2, -0.15) is 0 Å². The van der Waals surface area contributed by atoms with Crippen LogP contribution in [-0.4, -0.2) is 22.0 Å². The molecule has 0 atom stereocenters. The lowest BCUT2D eigenvalue weighted by molar-refractivity contribution is -0.123. The zero-order valence-corrected chi connectivity index (χ0v) is 19.6. The number of hydrogen-bond donors (Lipinski definition) is 0. The van der Waals surface area contributed by atoms with E-state index in [0.29, 0.717) is 26.8 Å². The first-order valence-corrected chi connectivity index (χ1v) is 11.5. The summed E-state index contributed by atoms with van der Waals surface area (Å²) in [6, 6.07) is 20.7. The number of rotatable bonds is 5. The Kier molecular flexibility index (Phi) is 6.79. The van der Waals surface area contributed by atoms with Crippen LogP contribution in [-0.2, 0) is 11.3 Å². The van der Waals surface area contributed by atoms with E-state index in [4.69, 9.17) is 16.3 Å². The van der Waals surface area contributed by atoms with Crippen LogP contribution in [0.5, 0.6) is 5.75 Å². The first-order chi connectivity index (χ1) is 15.4. The summed E-state index contributed by atoms with van der Waals surface area (Å²) in [7, 11) is 0. The molecule has 2 amide bonds. The highest BCUT2D eigenvalue weighted by Gasteiger charge is 2.35. The fraction of sp³-hybridized carbons (Fsp3) is 0.0417. The van der Waals surface area contributed by atoms with Gasteiger partial charge in [-0.3, -0.25) is 14.5 Å². The maximum atomic E-state index is 12.7. The number of imide groups is 1. The Morgan fingerprint density at radius 3 is 2.50 bits per heavy atom. The molecule has 0 spiro atoms. The molecule has 0 bridgehead atoms. The molecule has 0 unspecified atom stereocenters. The molecule has 1 aliphatic heterocycles. The molecule has 3 aromatic carbocycles. The first-order valence-electron chi connectivity index (χ1n) is 9.47. The van der Waals surface area contributed by atoms with Crippen molar-refractivity contribution in [2.75, 3.05) is 0 Å². The maximum Gasteiger partial charge on any atom is 0.343 e. The second kappa shape index (κ2) is 9.73. The van der Waals surface area contributed by atoms with Gasteiger partial charge in [0.05, 0.1) is 17.0 Å². The van der Waals surface area contributed by atoms with Crippen molar-refractivity contribution >= 4 is 62.5 Å². The normalized spacial score (nSPS) is 14.8. The SMILES string of the molecule is O=C(Oc1ccc(/C=C2\SC(=O)N(Cc3cccc(Cl)c3)C2=O)cc1)c1cccc(Br)c1. The molecule has 32 heavy (non-hydrogen) atoms. The van der Waals surface area contributed by atoms with Crippen LogP contribution in [0.3, 0.4) is 0 Å². The van der Waals surface area contributed by atoms with E-state index in [2.05, 4.69) is 15.9 Å². The summed E-state index contributed by atoms with van der Waals surface area (Å²) in [6.45, 7) is 0.160. The molecule has 1 heterocycles. The number of hydrogen-bond acceptors (Lipinski definition) is 5. The number of thioether (sulfide) groups is 1. The Morgan fingerprint density at radius 2 is 1.78 bits per heavy atom. The second-order valence-electron chi connectivity index (χ2n) is 6.87. The van der Waals surface area contributed by atoms with Crippen molar-refractivity contribution in [1.29, 1.82) is 0 Å². The molecule has 0 aliphatic carbocycles. The van der Waals surface area contributed by atoms with Gasteiger partial charge in [-0.15, -0.1) is 0 Å². The van der Waals surface area contributed by atoms with Crippen molar-refractivity contribution in [1.82, 2.24) is 4.90 Å². The zero-order chi connectivity index (χ0) is 22.7. The van der Waals surface area contributed by atoms with Crippen molar-refractivity contribution < 1.29 is 19.1 Å². The standard InChI is InChI=1S/C24H15BrClNO4S/c25-18-5-2-4-17(13-18)23(29)31-20-9-7-15(8-10-20)12-21-22(28)27(24(30)32-21)14-16-3-1-6-19(26)11-16/h1-13H,14H2/b21-12-. The number of carbonyl (C=O) groups excluding carboxylic acids is 3. The van der Waals surface area contributed by atoms with Crippen molar-refractivity contribution in [2.45, 2.75) is 6.54 Å². The van der Waals surface area contributed by atoms with Crippen molar-refractivity contribution in [2.24, 2.45) is 0 Å². The van der Waals surface area contributed by atoms with E-state index >= 15 is 0 Å². The molecule has 0 saturated carbocycles. The van der Waals surface area contributed by atoms with Gasteiger partial charge in [0.25, 0.3) is 11.1 Å². The molecular formula is C24H15BrClNO4S. The molecule has 0 N–H and O–H groups in total. The van der Waals surface area contributed by atoms with Crippen molar-refractivity contribution in [3.05, 3.63) is 104 Å². The van der Waals surface area contributed by atoms with E-state index in [9.17, 15) is 14.4 Å². The monoisotopic (exact) mass is 527 g/mol. The van der Waals surface area contributed by atoms with Crippen LogP contribution in [0.25, 0.3) is 6.08 Å². The smallest absolute Gasteiger partial charge is 0.343 e. The van der Waals surface area contributed by atoms with Crippen LogP contribution in [0.15, 0.2) is 82.2 Å². The molecule has 160 valence electrons. The van der Waals surface area contributed by atoms with Crippen LogP contribution in [0.1, 0.15) is 21.5 Å². The second-order valence-corrected chi connectivity index (χ2v) is 9.21. The first kappa shape index (κ1) is 22.3. The van der Waals surface area contributed by atoms with E-state index in [1.165, 1.54) is 4.90 Å². The molecule has 1 aliphatic rings. The predicted molar refractivity (Wildman–Crippen MR) is 129 cm³/mol. The summed E-state index contributed by atoms with van der Waals surface area (Å²) >= 11 is 10.2. The van der Waals surface area contributed by atoms with Gasteiger partial charge in [-0.1, -0.05) is 57.9 Å². The fourth-order valence-electron chi connectivity index (χ4n) is 3.02. The van der Waals surface area contributed by atoms with Gasteiger partial charge in [0.1, 0.15) is 5.75 Å². The Balaban J connectivity index is 1.44. The molecular weight excluding hydrogens is 514 g/mol. The number of esters is 1. The van der Waals surface area contributed by atoms with Gasteiger partial charge in [0.2, 0.25) is 0 Å². The summed E-state index contributed by atoms with van der Waals surface area (Å²) < 4.78 is 6.17. The Hall–Kier alpha value is -2.87. The largest absolute Gasteiger partial charge is 0.423 e. The van der Waals surface area contributed by atoms with Gasteiger partial charge in [0, 0.05) is 9.50 Å². The fourth-order valence-corrected chi connectivity index (χ4v) is 4.47. The molecule has 1 fully saturated rings. The van der Waals surface area contributed by atoms with Gasteiger partial charge < -0.3 is 4.74 Å². The molecule has 8 heteroatoms. The van der Waals surface area contributed by atoms with Crippen molar-refractivity contribution in [3.63, 3.8) is 0 Å². The number of halogens is 2. The van der Waals surface area contributed by atoms with E-state index in [1.54, 1.807) is 66.7 Å². The summed E-state index contributed by atoms with van der Waals surface area (Å²) in [6.07, 6.45) is 1.64. The van der Waals surface area contributed by atoms with E-state index in [0.717, 1.165) is 21.8 Å². The highest BCUT2D eigenvalue weighted by Crippen LogP contribution is 2.33. The zero-order valence-electron chi connectivity index (χ0n) is 16.5. The topological polar surface area (TPSA) is 63.7 Å². The number of ether oxygens (including phenoxy) is 1. The third-order valence-corrected chi connectivity index (χ3v) is 6.19. The summed E-state index contributed by atoms with van der Waals surface area (Å²) in [5.41, 5.74) is 1.91. The maximum absolute atomic E-state index is 12.7. The summed E-state index contributed by atoms with van der Waals surface area (Å²) in [5, 5.41) is 0.214. The summed E-state index contributed by atoms with van der Waals surface area (Å²) in [5.74, 6) is -0.451. The van der Waals surface area contributed by atoms with Crippen molar-refractivity contribution in [3.8, 4) is 5.75 Å². The lowest BCUT2D eigenvalue weighted by Gasteiger charge is -2.12. The van der Waals surface area contributed by atoms with E-state index in [-0.39, 0.29) is 17.7 Å². The van der Waals surface area contributed by atoms with Gasteiger partial charge in [0.15, 0.2) is 0 Å². The lowest BCUT2D eigenvalue weighted by Crippen LogP contribution is -2.27. The molecule has 0 aromatic heterocycles. The predicted octanol–water partition coefficient (Wildman–Crippen LogP) is 6.56. The number of amides is 2. The van der Waals surface area contributed by atoms with E-state index in [1.807, 2.05) is 12.1 Å². The minimum atomic E-state index is -0.471. The Bertz CT molecular complexity index is 1240. The highest BCUT2D eigenvalue weighted by molar-refractivity contribution is 9.10. The van der Waals surface area contributed by atoms with Gasteiger partial charge in [-0.25, -0.2) is 4.79 Å². The lowest BCUT2D eigenvalue weighted by atomic mass is 10.2. The number of nitrogens with zero attached hydrogens (tertiary/aromatic N) is 1. The Morgan fingerprint density at radius 1 is 1.03 bits per heavy atom. The molecule has 0 radical (unpaired) electrons. The van der Waals surface area contributed by atoms with Gasteiger partial charge in [-0.05, 0) is 71.4 Å². The third-order valence-electron chi connectivity index (χ3n) is 4.55. The average molecular weight is 529 g/mol. The molecule has 5 nitrogen and oxygen atoms in total. The minimum absolute atomic E-state index is 0.160. The van der Waals surface area contributed by atoms with Crippen LogP contribution >= 0.6 is 39.3 Å². The van der Waals surface area contributed by atoms with Crippen LogP contribution in [0, 0.1) is 0 Å². The molecule has 4 rings (SSSR count). The minimum Gasteiger partial charge on any atom is -0.423 e. The average Bonchev–Trinajstić information content (AvgIpc) is 3.02. The van der Waals surface area contributed by atoms with Crippen LogP contribution in [0.2, 0.25) is 5.02 Å². The molecule has 3 aromatic rings. The highest BCUT2D eigenvalue weighted by atomic mass is 79.9. The van der Waals surface area contributed by atoms with Crippen LogP contribution < -0.4 is 4.74 Å². The third kappa shape index (κ3) is 5.30. The Labute approximate surface area is 202 Å². The molecule has 1 saturated heterocycles.